The molecule has 1 heterocycles. The Bertz CT molecular complexity index is 896. The van der Waals surface area contributed by atoms with Crippen LogP contribution in [0.15, 0.2) is 71.1 Å². The molecule has 1 amide bonds. The fourth-order valence-electron chi connectivity index (χ4n) is 2.10. The summed E-state index contributed by atoms with van der Waals surface area (Å²) < 4.78 is 5.57. The number of para-hydroxylation sites is 1. The van der Waals surface area contributed by atoms with Crippen LogP contribution in [0.3, 0.4) is 0 Å². The summed E-state index contributed by atoms with van der Waals surface area (Å²) in [5.74, 6) is 0.258. The van der Waals surface area contributed by atoms with Gasteiger partial charge in [0.05, 0.1) is 5.69 Å². The van der Waals surface area contributed by atoms with E-state index < -0.39 is 5.91 Å². The van der Waals surface area contributed by atoms with Gasteiger partial charge in [0.15, 0.2) is 10.9 Å². The predicted octanol–water partition coefficient (Wildman–Crippen LogP) is 4.23. The Hall–Kier alpha value is -2.83. The van der Waals surface area contributed by atoms with Crippen molar-refractivity contribution in [3.63, 3.8) is 0 Å². The number of carbonyl (C=O) groups excluding carboxylic acids is 1. The summed E-state index contributed by atoms with van der Waals surface area (Å²) in [7, 11) is 0. The molecule has 0 unspecified atom stereocenters. The summed E-state index contributed by atoms with van der Waals surface area (Å²) in [6, 6.07) is 19.9. The van der Waals surface area contributed by atoms with Crippen LogP contribution < -0.4 is 16.2 Å². The summed E-state index contributed by atoms with van der Waals surface area (Å²) in [6.45, 7) is 0. The molecule has 25 heavy (non-hydrogen) atoms. The first-order chi connectivity index (χ1) is 12.1. The molecule has 3 aromatic rings. The zero-order valence-electron chi connectivity index (χ0n) is 13.0. The number of rotatable bonds is 4. The number of nitrogens with one attached hydrogen (secondary N) is 3. The standard InChI is InChI=1S/C18H14ClN3O2S/c19-13-6-4-5-12(11-13)15-9-10-16(24-15)17(23)20-18(25)22-21-14-7-2-1-3-8-14/h1-11,21H,(H2,20,22,23,25). The molecule has 3 N–H and O–H groups in total. The minimum Gasteiger partial charge on any atom is -0.451 e. The van der Waals surface area contributed by atoms with Crippen molar-refractivity contribution in [1.29, 1.82) is 0 Å². The number of amides is 1. The number of hydrazine groups is 1. The number of furan rings is 1. The quantitative estimate of drug-likeness (QED) is 0.473. The van der Waals surface area contributed by atoms with E-state index in [1.807, 2.05) is 42.5 Å². The van der Waals surface area contributed by atoms with Crippen LogP contribution in [0.25, 0.3) is 11.3 Å². The molecule has 0 fully saturated rings. The number of benzene rings is 2. The van der Waals surface area contributed by atoms with Gasteiger partial charge in [-0.15, -0.1) is 0 Å². The third kappa shape index (κ3) is 4.59. The number of anilines is 1. The second-order valence-electron chi connectivity index (χ2n) is 5.07. The van der Waals surface area contributed by atoms with Gasteiger partial charge in [-0.2, -0.15) is 0 Å². The second kappa shape index (κ2) is 7.83. The molecule has 0 aliphatic heterocycles. The highest BCUT2D eigenvalue weighted by Gasteiger charge is 2.13. The molecule has 3 rings (SSSR count). The van der Waals surface area contributed by atoms with Crippen molar-refractivity contribution < 1.29 is 9.21 Å². The highest BCUT2D eigenvalue weighted by molar-refractivity contribution is 7.80. The molecule has 0 spiro atoms. The fourth-order valence-corrected chi connectivity index (χ4v) is 2.44. The Labute approximate surface area is 155 Å². The topological polar surface area (TPSA) is 66.3 Å². The molecular formula is C18H14ClN3O2S. The Morgan fingerprint density at radius 3 is 2.56 bits per heavy atom. The summed E-state index contributed by atoms with van der Waals surface area (Å²) in [5, 5.41) is 3.27. The van der Waals surface area contributed by atoms with Crippen molar-refractivity contribution in [2.75, 3.05) is 5.43 Å². The molecular weight excluding hydrogens is 358 g/mol. The maximum Gasteiger partial charge on any atom is 0.293 e. The van der Waals surface area contributed by atoms with E-state index in [0.29, 0.717) is 10.8 Å². The second-order valence-corrected chi connectivity index (χ2v) is 5.92. The molecule has 0 aliphatic carbocycles. The van der Waals surface area contributed by atoms with E-state index in [1.54, 1.807) is 24.3 Å². The maximum atomic E-state index is 12.2. The van der Waals surface area contributed by atoms with Crippen LogP contribution in [-0.2, 0) is 0 Å². The van der Waals surface area contributed by atoms with Crippen molar-refractivity contribution in [2.45, 2.75) is 0 Å². The Kier molecular flexibility index (Phi) is 5.33. The number of hydrogen-bond acceptors (Lipinski definition) is 4. The Morgan fingerprint density at radius 1 is 1.00 bits per heavy atom. The van der Waals surface area contributed by atoms with Crippen LogP contribution in [0.2, 0.25) is 5.02 Å². The van der Waals surface area contributed by atoms with Gasteiger partial charge in [-0.1, -0.05) is 41.9 Å². The first kappa shape index (κ1) is 17.0. The molecule has 1 aromatic heterocycles. The van der Waals surface area contributed by atoms with Gasteiger partial charge in [0, 0.05) is 10.6 Å². The van der Waals surface area contributed by atoms with Crippen LogP contribution >= 0.6 is 23.8 Å². The lowest BCUT2D eigenvalue weighted by atomic mass is 10.2. The largest absolute Gasteiger partial charge is 0.451 e. The minimum absolute atomic E-state index is 0.134. The van der Waals surface area contributed by atoms with E-state index in [1.165, 1.54) is 0 Å². The minimum atomic E-state index is -0.444. The predicted molar refractivity (Wildman–Crippen MR) is 102 cm³/mol. The third-order valence-corrected chi connectivity index (χ3v) is 3.70. The van der Waals surface area contributed by atoms with Gasteiger partial charge in [-0.25, -0.2) is 0 Å². The first-order valence-corrected chi connectivity index (χ1v) is 8.18. The average molecular weight is 372 g/mol. The zero-order valence-corrected chi connectivity index (χ0v) is 14.5. The zero-order chi connectivity index (χ0) is 17.6. The molecule has 2 aromatic carbocycles. The highest BCUT2D eigenvalue weighted by Crippen LogP contribution is 2.24. The van der Waals surface area contributed by atoms with Gasteiger partial charge in [0.2, 0.25) is 0 Å². The van der Waals surface area contributed by atoms with E-state index in [2.05, 4.69) is 16.2 Å². The van der Waals surface area contributed by atoms with E-state index in [-0.39, 0.29) is 10.9 Å². The monoisotopic (exact) mass is 371 g/mol. The first-order valence-electron chi connectivity index (χ1n) is 7.40. The smallest absolute Gasteiger partial charge is 0.293 e. The lowest BCUT2D eigenvalue weighted by Gasteiger charge is -2.10. The molecule has 0 aliphatic rings. The molecule has 7 heteroatoms. The van der Waals surface area contributed by atoms with Crippen LogP contribution in [0.1, 0.15) is 10.6 Å². The maximum absolute atomic E-state index is 12.2. The number of thiocarbonyl (C=S) groups is 1. The van der Waals surface area contributed by atoms with Crippen molar-refractivity contribution in [1.82, 2.24) is 10.7 Å². The Balaban J connectivity index is 1.59. The molecule has 5 nitrogen and oxygen atoms in total. The van der Waals surface area contributed by atoms with Crippen molar-refractivity contribution in [3.05, 3.63) is 77.5 Å². The summed E-state index contributed by atoms with van der Waals surface area (Å²) in [5.41, 5.74) is 7.23. The van der Waals surface area contributed by atoms with E-state index in [0.717, 1.165) is 11.3 Å². The molecule has 0 bridgehead atoms. The highest BCUT2D eigenvalue weighted by atomic mass is 35.5. The van der Waals surface area contributed by atoms with Crippen LogP contribution in [0, 0.1) is 0 Å². The van der Waals surface area contributed by atoms with Crippen LogP contribution in [0.5, 0.6) is 0 Å². The number of halogens is 1. The van der Waals surface area contributed by atoms with Gasteiger partial charge in [0.1, 0.15) is 5.76 Å². The van der Waals surface area contributed by atoms with Crippen LogP contribution in [-0.4, -0.2) is 11.0 Å². The summed E-state index contributed by atoms with van der Waals surface area (Å²) >= 11 is 11.0. The lowest BCUT2D eigenvalue weighted by Crippen LogP contribution is -2.41. The number of carbonyl (C=O) groups is 1. The van der Waals surface area contributed by atoms with Crippen LogP contribution in [0.4, 0.5) is 5.69 Å². The van der Waals surface area contributed by atoms with Gasteiger partial charge >= 0.3 is 0 Å². The van der Waals surface area contributed by atoms with Gasteiger partial charge in [0.25, 0.3) is 5.91 Å². The fraction of sp³-hybridized carbons (Fsp3) is 0. The lowest BCUT2D eigenvalue weighted by molar-refractivity contribution is 0.0950. The van der Waals surface area contributed by atoms with E-state index in [4.69, 9.17) is 28.2 Å². The summed E-state index contributed by atoms with van der Waals surface area (Å²) in [4.78, 5) is 12.2. The molecule has 0 saturated carbocycles. The van der Waals surface area contributed by atoms with Gasteiger partial charge in [-0.3, -0.25) is 21.0 Å². The molecule has 126 valence electrons. The Morgan fingerprint density at radius 2 is 1.80 bits per heavy atom. The van der Waals surface area contributed by atoms with Gasteiger partial charge in [-0.05, 0) is 48.6 Å². The molecule has 0 radical (unpaired) electrons. The van der Waals surface area contributed by atoms with E-state index in [9.17, 15) is 4.79 Å². The van der Waals surface area contributed by atoms with Gasteiger partial charge < -0.3 is 4.42 Å². The molecule has 0 saturated heterocycles. The molecule has 0 atom stereocenters. The normalized spacial score (nSPS) is 10.1. The SMILES string of the molecule is O=C(NC(=S)NNc1ccccc1)c1ccc(-c2cccc(Cl)c2)o1. The van der Waals surface area contributed by atoms with Crippen molar-refractivity contribution in [2.24, 2.45) is 0 Å². The van der Waals surface area contributed by atoms with E-state index >= 15 is 0 Å². The number of hydrogen-bond donors (Lipinski definition) is 3. The van der Waals surface area contributed by atoms with Crippen molar-refractivity contribution >= 4 is 40.5 Å². The summed E-state index contributed by atoms with van der Waals surface area (Å²) in [6.07, 6.45) is 0. The third-order valence-electron chi connectivity index (χ3n) is 3.26. The average Bonchev–Trinajstić information content (AvgIpc) is 3.11. The van der Waals surface area contributed by atoms with Crippen molar-refractivity contribution in [3.8, 4) is 11.3 Å².